The van der Waals surface area contributed by atoms with E-state index >= 15 is 0 Å². The first-order valence-corrected chi connectivity index (χ1v) is 9.36. The molecule has 0 aliphatic carbocycles. The van der Waals surface area contributed by atoms with Gasteiger partial charge in [0.05, 0.1) is 11.1 Å². The lowest BCUT2D eigenvalue weighted by Crippen LogP contribution is -2.18. The average molecular weight is 424 g/mol. The number of carbonyl (C=O) groups excluding carboxylic acids is 1. The Kier molecular flexibility index (Phi) is 6.77. The van der Waals surface area contributed by atoms with Gasteiger partial charge in [0.15, 0.2) is 0 Å². The summed E-state index contributed by atoms with van der Waals surface area (Å²) in [4.78, 5) is 22.6. The number of hydrogen-bond donors (Lipinski definition) is 1. The molecule has 0 saturated carbocycles. The molecule has 152 valence electrons. The highest BCUT2D eigenvalue weighted by Crippen LogP contribution is 2.23. The third-order valence-electron chi connectivity index (χ3n) is 4.27. The Labute approximate surface area is 178 Å². The third-order valence-corrected chi connectivity index (χ3v) is 4.51. The van der Waals surface area contributed by atoms with Crippen LogP contribution in [0.4, 0.5) is 5.69 Å². The highest BCUT2D eigenvalue weighted by molar-refractivity contribution is 6.30. The molecule has 0 saturated heterocycles. The number of aryl methyl sites for hydroxylation is 1. The Morgan fingerprint density at radius 2 is 1.90 bits per heavy atom. The number of hydrazone groups is 1. The van der Waals surface area contributed by atoms with Crippen LogP contribution < -0.4 is 10.2 Å². The van der Waals surface area contributed by atoms with Gasteiger partial charge in [-0.3, -0.25) is 14.9 Å². The van der Waals surface area contributed by atoms with E-state index in [1.165, 1.54) is 18.3 Å². The molecule has 0 unspecified atom stereocenters. The van der Waals surface area contributed by atoms with Crippen LogP contribution in [-0.4, -0.2) is 17.0 Å². The molecule has 0 aliphatic rings. The minimum absolute atomic E-state index is 0.0162. The van der Waals surface area contributed by atoms with Crippen LogP contribution in [0.25, 0.3) is 0 Å². The van der Waals surface area contributed by atoms with Gasteiger partial charge in [0.2, 0.25) is 0 Å². The van der Waals surface area contributed by atoms with Crippen molar-refractivity contribution in [2.75, 3.05) is 0 Å². The van der Waals surface area contributed by atoms with E-state index < -0.39 is 4.92 Å². The summed E-state index contributed by atoms with van der Waals surface area (Å²) in [5, 5.41) is 15.2. The number of nitro groups is 1. The molecule has 0 spiro atoms. The predicted molar refractivity (Wildman–Crippen MR) is 115 cm³/mol. The number of nitro benzene ring substituents is 1. The van der Waals surface area contributed by atoms with E-state index in [0.29, 0.717) is 21.9 Å². The van der Waals surface area contributed by atoms with E-state index in [2.05, 4.69) is 10.5 Å². The van der Waals surface area contributed by atoms with Gasteiger partial charge in [-0.05, 0) is 54.4 Å². The molecule has 1 N–H and O–H groups in total. The standard InChI is InChI=1S/C22H18ClN3O4/c1-15-4-2-3-5-20(15)22(27)25-24-13-17-12-18(23)8-11-21(17)30-14-16-6-9-19(10-7-16)26(28)29/h2-13H,14H2,1H3,(H,25,27)/b24-13+. The van der Waals surface area contributed by atoms with E-state index in [-0.39, 0.29) is 18.2 Å². The lowest BCUT2D eigenvalue weighted by Gasteiger charge is -2.10. The topological polar surface area (TPSA) is 93.8 Å². The summed E-state index contributed by atoms with van der Waals surface area (Å²) in [6.45, 7) is 2.05. The van der Waals surface area contributed by atoms with Crippen molar-refractivity contribution in [3.8, 4) is 5.75 Å². The highest BCUT2D eigenvalue weighted by atomic mass is 35.5. The van der Waals surface area contributed by atoms with Crippen molar-refractivity contribution in [1.29, 1.82) is 0 Å². The summed E-state index contributed by atoms with van der Waals surface area (Å²) in [7, 11) is 0. The van der Waals surface area contributed by atoms with E-state index in [9.17, 15) is 14.9 Å². The molecule has 0 aromatic heterocycles. The minimum Gasteiger partial charge on any atom is -0.488 e. The molecular weight excluding hydrogens is 406 g/mol. The average Bonchev–Trinajstić information content (AvgIpc) is 2.73. The molecule has 0 bridgehead atoms. The molecule has 8 heteroatoms. The zero-order valence-electron chi connectivity index (χ0n) is 16.0. The van der Waals surface area contributed by atoms with Gasteiger partial charge in [0.25, 0.3) is 11.6 Å². The quantitative estimate of drug-likeness (QED) is 0.332. The maximum Gasteiger partial charge on any atom is 0.271 e. The monoisotopic (exact) mass is 423 g/mol. The zero-order valence-corrected chi connectivity index (χ0v) is 16.8. The van der Waals surface area contributed by atoms with Gasteiger partial charge in [-0.25, -0.2) is 5.43 Å². The van der Waals surface area contributed by atoms with Crippen LogP contribution in [0.1, 0.15) is 27.0 Å². The van der Waals surface area contributed by atoms with Crippen molar-refractivity contribution < 1.29 is 14.5 Å². The Hall–Kier alpha value is -3.71. The molecule has 3 rings (SSSR count). The number of nitrogens with one attached hydrogen (secondary N) is 1. The Morgan fingerprint density at radius 1 is 1.17 bits per heavy atom. The smallest absolute Gasteiger partial charge is 0.271 e. The highest BCUT2D eigenvalue weighted by Gasteiger charge is 2.08. The molecule has 0 heterocycles. The van der Waals surface area contributed by atoms with Crippen molar-refractivity contribution >= 4 is 29.4 Å². The normalized spacial score (nSPS) is 10.7. The number of nitrogens with zero attached hydrogens (tertiary/aromatic N) is 2. The molecule has 3 aromatic rings. The molecule has 0 radical (unpaired) electrons. The summed E-state index contributed by atoms with van der Waals surface area (Å²) in [6.07, 6.45) is 1.45. The number of hydrogen-bond acceptors (Lipinski definition) is 5. The predicted octanol–water partition coefficient (Wildman–Crippen LogP) is 4.90. The van der Waals surface area contributed by atoms with Crippen LogP contribution in [0.2, 0.25) is 5.02 Å². The molecule has 1 amide bonds. The van der Waals surface area contributed by atoms with Crippen LogP contribution >= 0.6 is 11.6 Å². The van der Waals surface area contributed by atoms with Crippen molar-refractivity contribution in [3.63, 3.8) is 0 Å². The number of amides is 1. The summed E-state index contributed by atoms with van der Waals surface area (Å²) < 4.78 is 5.81. The van der Waals surface area contributed by atoms with Crippen LogP contribution in [0.15, 0.2) is 71.8 Å². The second kappa shape index (κ2) is 9.67. The van der Waals surface area contributed by atoms with Gasteiger partial charge in [-0.15, -0.1) is 0 Å². The van der Waals surface area contributed by atoms with Crippen LogP contribution in [0.3, 0.4) is 0 Å². The van der Waals surface area contributed by atoms with Crippen molar-refractivity contribution in [2.45, 2.75) is 13.5 Å². The molecule has 30 heavy (non-hydrogen) atoms. The second-order valence-corrected chi connectivity index (χ2v) is 6.84. The third kappa shape index (κ3) is 5.42. The Morgan fingerprint density at radius 3 is 2.60 bits per heavy atom. The van der Waals surface area contributed by atoms with Gasteiger partial charge in [0, 0.05) is 28.3 Å². The Balaban J connectivity index is 1.68. The van der Waals surface area contributed by atoms with Crippen molar-refractivity contribution in [1.82, 2.24) is 5.43 Å². The number of rotatable bonds is 7. The largest absolute Gasteiger partial charge is 0.488 e. The minimum atomic E-state index is -0.455. The number of benzene rings is 3. The van der Waals surface area contributed by atoms with Crippen molar-refractivity contribution in [3.05, 3.63) is 104 Å². The fourth-order valence-corrected chi connectivity index (χ4v) is 2.86. The van der Waals surface area contributed by atoms with Crippen LogP contribution in [0.5, 0.6) is 5.75 Å². The zero-order chi connectivity index (χ0) is 21.5. The fraction of sp³-hybridized carbons (Fsp3) is 0.0909. The first kappa shape index (κ1) is 21.0. The number of non-ortho nitro benzene ring substituents is 1. The lowest BCUT2D eigenvalue weighted by atomic mass is 10.1. The van der Waals surface area contributed by atoms with Gasteiger partial charge < -0.3 is 4.74 Å². The first-order chi connectivity index (χ1) is 14.4. The van der Waals surface area contributed by atoms with Gasteiger partial charge in [-0.2, -0.15) is 5.10 Å². The molecule has 3 aromatic carbocycles. The fourth-order valence-electron chi connectivity index (χ4n) is 2.67. The number of carbonyl (C=O) groups is 1. The summed E-state index contributed by atoms with van der Waals surface area (Å²) in [5.41, 5.74) is 5.24. The van der Waals surface area contributed by atoms with Gasteiger partial charge >= 0.3 is 0 Å². The van der Waals surface area contributed by atoms with E-state index in [0.717, 1.165) is 11.1 Å². The van der Waals surface area contributed by atoms with Gasteiger partial charge in [-0.1, -0.05) is 29.8 Å². The molecule has 0 aliphatic heterocycles. The van der Waals surface area contributed by atoms with E-state index in [1.54, 1.807) is 42.5 Å². The lowest BCUT2D eigenvalue weighted by molar-refractivity contribution is -0.384. The molecule has 7 nitrogen and oxygen atoms in total. The van der Waals surface area contributed by atoms with Crippen LogP contribution in [-0.2, 0) is 6.61 Å². The molecule has 0 atom stereocenters. The second-order valence-electron chi connectivity index (χ2n) is 6.41. The SMILES string of the molecule is Cc1ccccc1C(=O)N/N=C/c1cc(Cl)ccc1OCc1ccc([N+](=O)[O-])cc1. The molecule has 0 fully saturated rings. The van der Waals surface area contributed by atoms with Crippen molar-refractivity contribution in [2.24, 2.45) is 5.10 Å². The van der Waals surface area contributed by atoms with Crippen LogP contribution in [0, 0.1) is 17.0 Å². The summed E-state index contributed by atoms with van der Waals surface area (Å²) >= 11 is 6.07. The first-order valence-electron chi connectivity index (χ1n) is 8.99. The maximum atomic E-state index is 12.3. The number of ether oxygens (including phenoxy) is 1. The summed E-state index contributed by atoms with van der Waals surface area (Å²) in [5.74, 6) is 0.186. The maximum absolute atomic E-state index is 12.3. The number of halogens is 1. The van der Waals surface area contributed by atoms with Gasteiger partial charge in [0.1, 0.15) is 12.4 Å². The summed E-state index contributed by atoms with van der Waals surface area (Å²) in [6, 6.07) is 18.3. The van der Waals surface area contributed by atoms with E-state index in [4.69, 9.17) is 16.3 Å². The molecular formula is C22H18ClN3O4. The Bertz CT molecular complexity index is 1100. The van der Waals surface area contributed by atoms with E-state index in [1.807, 2.05) is 19.1 Å².